The molecule has 2 aromatic heterocycles. The van der Waals surface area contributed by atoms with Crippen molar-refractivity contribution in [3.8, 4) is 11.4 Å². The Morgan fingerprint density at radius 3 is 2.72 bits per heavy atom. The van der Waals surface area contributed by atoms with E-state index < -0.39 is 11.6 Å². The van der Waals surface area contributed by atoms with Crippen LogP contribution in [0.1, 0.15) is 30.0 Å². The zero-order valence-corrected chi connectivity index (χ0v) is 15.5. The number of aromatic nitrogens is 2. The van der Waals surface area contributed by atoms with Crippen molar-refractivity contribution in [1.29, 1.82) is 0 Å². The number of pyridine rings is 2. The lowest BCUT2D eigenvalue weighted by molar-refractivity contribution is -0.172. The number of cyclic esters (lactones) is 1. The van der Waals surface area contributed by atoms with Crippen LogP contribution in [-0.2, 0) is 28.3 Å². The van der Waals surface area contributed by atoms with Crippen LogP contribution in [0.4, 0.5) is 0 Å². The number of benzene rings is 1. The molecule has 144 valence electrons. The molecule has 4 aromatic rings. The predicted octanol–water partition coefficient (Wildman–Crippen LogP) is 1.96. The largest absolute Gasteiger partial charge is 0.458 e. The summed E-state index contributed by atoms with van der Waals surface area (Å²) in [5.74, 6) is -0.730. The van der Waals surface area contributed by atoms with E-state index in [0.717, 1.165) is 27.5 Å². The molecule has 0 bridgehead atoms. The first kappa shape index (κ1) is 16.5. The first-order valence-electron chi connectivity index (χ1n) is 9.51. The standard InChI is InChI=1S/C22H16N2O5/c1-2-22(28)14-7-16-19-12(8-24(16)20(26)13(14)9-29-21(22)27)10-3-4-11-17(25)6-5-15(23-19)18(10)11/h3-7,23,28H,2,8-9H2,1H3/t22-/m0/s1. The van der Waals surface area contributed by atoms with Crippen LogP contribution in [-0.4, -0.2) is 20.6 Å². The summed E-state index contributed by atoms with van der Waals surface area (Å²) >= 11 is 0. The van der Waals surface area contributed by atoms with Gasteiger partial charge < -0.3 is 19.4 Å². The monoisotopic (exact) mass is 388 g/mol. The van der Waals surface area contributed by atoms with E-state index in [1.165, 1.54) is 6.07 Å². The molecule has 0 spiro atoms. The van der Waals surface area contributed by atoms with Crippen molar-refractivity contribution in [3.05, 3.63) is 67.6 Å². The molecule has 0 aliphatic carbocycles. The summed E-state index contributed by atoms with van der Waals surface area (Å²) < 4.78 is 6.74. The van der Waals surface area contributed by atoms with E-state index in [9.17, 15) is 19.5 Å². The van der Waals surface area contributed by atoms with Crippen LogP contribution in [0.15, 0.2) is 39.9 Å². The highest BCUT2D eigenvalue weighted by Gasteiger charge is 2.45. The van der Waals surface area contributed by atoms with Gasteiger partial charge in [0, 0.05) is 27.4 Å². The fourth-order valence-electron chi connectivity index (χ4n) is 4.81. The molecule has 2 N–H and O–H groups in total. The Balaban J connectivity index is 1.71. The Hall–Kier alpha value is -3.45. The van der Waals surface area contributed by atoms with Crippen molar-refractivity contribution < 1.29 is 14.6 Å². The van der Waals surface area contributed by atoms with E-state index in [2.05, 4.69) is 4.98 Å². The van der Waals surface area contributed by atoms with Gasteiger partial charge in [-0.25, -0.2) is 4.79 Å². The molecule has 1 atom stereocenters. The molecule has 0 unspecified atom stereocenters. The lowest BCUT2D eigenvalue weighted by Crippen LogP contribution is -2.44. The van der Waals surface area contributed by atoms with Gasteiger partial charge in [-0.15, -0.1) is 0 Å². The van der Waals surface area contributed by atoms with Crippen LogP contribution in [0.25, 0.3) is 33.1 Å². The fraction of sp³-hybridized carbons (Fsp3) is 0.227. The minimum absolute atomic E-state index is 0.0346. The summed E-state index contributed by atoms with van der Waals surface area (Å²) in [7, 11) is 0. The number of hydrogen-bond donors (Lipinski definition) is 2. The van der Waals surface area contributed by atoms with Crippen LogP contribution >= 0.6 is 0 Å². The Morgan fingerprint density at radius 2 is 1.93 bits per heavy atom. The third-order valence-electron chi connectivity index (χ3n) is 6.39. The van der Waals surface area contributed by atoms with Crippen molar-refractivity contribution in [3.63, 3.8) is 0 Å². The molecule has 7 nitrogen and oxygen atoms in total. The van der Waals surface area contributed by atoms with E-state index in [-0.39, 0.29) is 24.0 Å². The quantitative estimate of drug-likeness (QED) is 0.428. The molecular formula is C22H16N2O5. The highest BCUT2D eigenvalue weighted by atomic mass is 16.6. The van der Waals surface area contributed by atoms with Gasteiger partial charge in [-0.05, 0) is 36.1 Å². The minimum atomic E-state index is -1.83. The number of aromatic amines is 1. The first-order valence-corrected chi connectivity index (χ1v) is 9.51. The van der Waals surface area contributed by atoms with Gasteiger partial charge in [0.2, 0.25) is 0 Å². The zero-order valence-electron chi connectivity index (χ0n) is 15.5. The molecule has 0 amide bonds. The Labute approximate surface area is 163 Å². The first-order chi connectivity index (χ1) is 13.9. The maximum atomic E-state index is 13.2. The maximum Gasteiger partial charge on any atom is 0.343 e. The molecule has 2 aliphatic heterocycles. The topological polar surface area (TPSA) is 101 Å². The summed E-state index contributed by atoms with van der Waals surface area (Å²) in [6.07, 6.45) is 0.111. The number of esters is 1. The van der Waals surface area contributed by atoms with E-state index in [0.29, 0.717) is 28.8 Å². The summed E-state index contributed by atoms with van der Waals surface area (Å²) in [4.78, 5) is 41.0. The molecule has 2 aromatic carbocycles. The van der Waals surface area contributed by atoms with Crippen molar-refractivity contribution in [2.24, 2.45) is 0 Å². The summed E-state index contributed by atoms with van der Waals surface area (Å²) in [6.45, 7) is 1.89. The Morgan fingerprint density at radius 1 is 1.14 bits per heavy atom. The second-order valence-corrected chi connectivity index (χ2v) is 7.73. The van der Waals surface area contributed by atoms with Gasteiger partial charge in [0.1, 0.15) is 6.61 Å². The molecule has 0 fully saturated rings. The number of aliphatic hydroxyl groups is 1. The third kappa shape index (κ3) is 1.83. The smallest absolute Gasteiger partial charge is 0.343 e. The summed E-state index contributed by atoms with van der Waals surface area (Å²) in [5.41, 5.74) is 1.60. The number of carbonyl (C=O) groups is 1. The van der Waals surface area contributed by atoms with Gasteiger partial charge in [0.25, 0.3) is 5.56 Å². The van der Waals surface area contributed by atoms with Crippen molar-refractivity contribution in [2.45, 2.75) is 32.1 Å². The lowest BCUT2D eigenvalue weighted by atomic mass is 9.86. The van der Waals surface area contributed by atoms with E-state index in [4.69, 9.17) is 4.74 Å². The van der Waals surface area contributed by atoms with Crippen molar-refractivity contribution in [2.75, 3.05) is 0 Å². The second-order valence-electron chi connectivity index (χ2n) is 7.73. The number of hydrogen-bond acceptors (Lipinski definition) is 5. The van der Waals surface area contributed by atoms with Crippen molar-refractivity contribution >= 4 is 27.6 Å². The molecule has 2 aliphatic rings. The number of carbonyl (C=O) groups excluding carboxylic acids is 1. The number of nitrogens with one attached hydrogen (secondary N) is 1. The SMILES string of the molecule is CC[C@@]1(O)C(=O)OCc2c1cc1n(c2=O)Cc2c-1[nH]c1ccc(=O)c3ccc2c13. The Bertz CT molecular complexity index is 1500. The Kier molecular flexibility index (Phi) is 2.92. The maximum absolute atomic E-state index is 13.2. The van der Waals surface area contributed by atoms with E-state index in [1.54, 1.807) is 23.6 Å². The second kappa shape index (κ2) is 5.12. The summed E-state index contributed by atoms with van der Waals surface area (Å²) in [6, 6.07) is 8.73. The highest BCUT2D eigenvalue weighted by molar-refractivity contribution is 6.13. The number of H-pyrrole nitrogens is 1. The van der Waals surface area contributed by atoms with Gasteiger partial charge >= 0.3 is 5.97 Å². The number of rotatable bonds is 1. The molecular weight excluding hydrogens is 372 g/mol. The van der Waals surface area contributed by atoms with Crippen molar-refractivity contribution in [1.82, 2.24) is 9.55 Å². The van der Waals surface area contributed by atoms with Gasteiger partial charge in [-0.1, -0.05) is 13.0 Å². The van der Waals surface area contributed by atoms with Crippen LogP contribution in [0.5, 0.6) is 0 Å². The molecule has 7 heteroatoms. The molecule has 0 saturated heterocycles. The normalized spacial score (nSPS) is 20.0. The van der Waals surface area contributed by atoms with Gasteiger partial charge in [0.05, 0.1) is 23.5 Å². The molecule has 6 rings (SSSR count). The number of ether oxygens (including phenoxy) is 1. The summed E-state index contributed by atoms with van der Waals surface area (Å²) in [5, 5.41) is 13.4. The number of fused-ring (bicyclic) bond motifs is 5. The lowest BCUT2D eigenvalue weighted by Gasteiger charge is -2.31. The molecule has 4 heterocycles. The van der Waals surface area contributed by atoms with Gasteiger partial charge in [-0.2, -0.15) is 0 Å². The fourth-order valence-corrected chi connectivity index (χ4v) is 4.81. The average Bonchev–Trinajstić information content (AvgIpc) is 3.31. The molecule has 0 saturated carbocycles. The van der Waals surface area contributed by atoms with Crippen LogP contribution in [0.2, 0.25) is 0 Å². The molecule has 29 heavy (non-hydrogen) atoms. The van der Waals surface area contributed by atoms with Crippen LogP contribution in [0, 0.1) is 0 Å². The van der Waals surface area contributed by atoms with Crippen LogP contribution in [0.3, 0.4) is 0 Å². The van der Waals surface area contributed by atoms with Crippen LogP contribution < -0.4 is 11.0 Å². The predicted molar refractivity (Wildman–Crippen MR) is 106 cm³/mol. The zero-order chi connectivity index (χ0) is 20.1. The van der Waals surface area contributed by atoms with E-state index in [1.807, 2.05) is 12.1 Å². The molecule has 0 radical (unpaired) electrons. The van der Waals surface area contributed by atoms with Gasteiger partial charge in [0.15, 0.2) is 11.0 Å². The van der Waals surface area contributed by atoms with Gasteiger partial charge in [-0.3, -0.25) is 9.59 Å². The average molecular weight is 388 g/mol. The number of nitrogens with zero attached hydrogens (tertiary/aromatic N) is 1. The third-order valence-corrected chi connectivity index (χ3v) is 6.39. The minimum Gasteiger partial charge on any atom is -0.458 e. The van der Waals surface area contributed by atoms with E-state index >= 15 is 0 Å². The highest BCUT2D eigenvalue weighted by Crippen LogP contribution is 2.41.